The van der Waals surface area contributed by atoms with Gasteiger partial charge in [0, 0.05) is 18.5 Å². The van der Waals surface area contributed by atoms with E-state index in [1.807, 2.05) is 0 Å². The third-order valence-electron chi connectivity index (χ3n) is 6.16. The average molecular weight is 359 g/mol. The minimum atomic E-state index is -1.35. The third kappa shape index (κ3) is 2.63. The number of hydrogen-bond donors (Lipinski definition) is 0. The van der Waals surface area contributed by atoms with Crippen LogP contribution in [0.2, 0.25) is 0 Å². The molecule has 6 heteroatoms. The first-order chi connectivity index (χ1) is 12.5. The fraction of sp³-hybridized carbons (Fsp3) is 0.550. The van der Waals surface area contributed by atoms with E-state index in [1.54, 1.807) is 24.0 Å². The monoisotopic (exact) mass is 359 g/mol. The molecule has 0 N–H and O–H groups in total. The molecule has 0 aromatic heterocycles. The molecular formula is C20H22FNO4. The van der Waals surface area contributed by atoms with Crippen LogP contribution in [0.4, 0.5) is 4.39 Å². The molecule has 138 valence electrons. The highest BCUT2D eigenvalue weighted by Gasteiger charge is 2.61. The molecule has 1 heterocycles. The maximum atomic E-state index is 13.2. The predicted molar refractivity (Wildman–Crippen MR) is 90.2 cm³/mol. The molecule has 1 saturated heterocycles. The number of esters is 1. The molecule has 1 unspecified atom stereocenters. The van der Waals surface area contributed by atoms with Crippen molar-refractivity contribution < 1.29 is 23.5 Å². The minimum absolute atomic E-state index is 0.133. The summed E-state index contributed by atoms with van der Waals surface area (Å²) in [5, 5.41) is 0. The summed E-state index contributed by atoms with van der Waals surface area (Å²) in [7, 11) is 0. The van der Waals surface area contributed by atoms with Gasteiger partial charge in [-0.05, 0) is 55.7 Å². The van der Waals surface area contributed by atoms with Crippen LogP contribution in [-0.2, 0) is 25.7 Å². The number of ketones is 1. The lowest BCUT2D eigenvalue weighted by Crippen LogP contribution is -2.60. The highest BCUT2D eigenvalue weighted by atomic mass is 19.1. The van der Waals surface area contributed by atoms with E-state index in [9.17, 15) is 18.8 Å². The van der Waals surface area contributed by atoms with Crippen molar-refractivity contribution in [1.82, 2.24) is 4.90 Å². The Bertz CT molecular complexity index is 747. The van der Waals surface area contributed by atoms with Crippen LogP contribution in [0.15, 0.2) is 24.3 Å². The summed E-state index contributed by atoms with van der Waals surface area (Å²) in [6.07, 6.45) is 2.92. The fourth-order valence-electron chi connectivity index (χ4n) is 5.15. The number of rotatable bonds is 4. The van der Waals surface area contributed by atoms with Gasteiger partial charge in [-0.3, -0.25) is 14.4 Å². The Morgan fingerprint density at radius 2 is 1.88 bits per heavy atom. The highest BCUT2D eigenvalue weighted by Crippen LogP contribution is 2.53. The lowest BCUT2D eigenvalue weighted by molar-refractivity contribution is -0.168. The molecule has 0 spiro atoms. The number of amides is 1. The van der Waals surface area contributed by atoms with E-state index < -0.39 is 17.8 Å². The van der Waals surface area contributed by atoms with Gasteiger partial charge in [-0.25, -0.2) is 4.39 Å². The zero-order valence-electron chi connectivity index (χ0n) is 14.7. The molecule has 1 aromatic rings. The number of hydrogen-bond acceptors (Lipinski definition) is 4. The van der Waals surface area contributed by atoms with Crippen molar-refractivity contribution in [1.29, 1.82) is 0 Å². The Balaban J connectivity index is 1.67. The highest BCUT2D eigenvalue weighted by molar-refractivity contribution is 6.19. The smallest absolute Gasteiger partial charge is 0.326 e. The second kappa shape index (κ2) is 6.49. The second-order valence-corrected chi connectivity index (χ2v) is 7.53. The van der Waals surface area contributed by atoms with Crippen LogP contribution >= 0.6 is 0 Å². The van der Waals surface area contributed by atoms with Gasteiger partial charge in [0.05, 0.1) is 6.61 Å². The lowest BCUT2D eigenvalue weighted by atomic mass is 9.73. The zero-order valence-corrected chi connectivity index (χ0v) is 14.7. The van der Waals surface area contributed by atoms with Crippen LogP contribution < -0.4 is 0 Å². The Morgan fingerprint density at radius 3 is 2.58 bits per heavy atom. The van der Waals surface area contributed by atoms with Gasteiger partial charge in [0.25, 0.3) is 0 Å². The largest absolute Gasteiger partial charge is 0.465 e. The number of piperidine rings is 1. The number of benzene rings is 1. The van der Waals surface area contributed by atoms with Gasteiger partial charge in [0.15, 0.2) is 11.7 Å². The summed E-state index contributed by atoms with van der Waals surface area (Å²) in [6, 6.07) is 5.84. The van der Waals surface area contributed by atoms with Crippen molar-refractivity contribution in [2.24, 2.45) is 23.7 Å². The Kier molecular flexibility index (Phi) is 4.29. The Labute approximate surface area is 151 Å². The van der Waals surface area contributed by atoms with Gasteiger partial charge in [0.2, 0.25) is 5.91 Å². The molecule has 5 nitrogen and oxygen atoms in total. The molecule has 3 aliphatic rings. The quantitative estimate of drug-likeness (QED) is 0.611. The summed E-state index contributed by atoms with van der Waals surface area (Å²) in [5.74, 6) is -2.88. The number of Topliss-reactive ketones (excluding diaryl/α,β-unsaturated/α-hetero) is 1. The van der Waals surface area contributed by atoms with Gasteiger partial charge >= 0.3 is 5.97 Å². The van der Waals surface area contributed by atoms with E-state index in [0.717, 1.165) is 24.8 Å². The normalized spacial score (nSPS) is 32.7. The van der Waals surface area contributed by atoms with E-state index >= 15 is 0 Å². The van der Waals surface area contributed by atoms with Gasteiger partial charge in [-0.1, -0.05) is 12.1 Å². The van der Waals surface area contributed by atoms with Gasteiger partial charge in [-0.15, -0.1) is 0 Å². The maximum absolute atomic E-state index is 13.2. The van der Waals surface area contributed by atoms with Gasteiger partial charge in [0.1, 0.15) is 5.82 Å². The van der Waals surface area contributed by atoms with Crippen molar-refractivity contribution in [3.8, 4) is 0 Å². The maximum Gasteiger partial charge on any atom is 0.326 e. The van der Waals surface area contributed by atoms with Crippen molar-refractivity contribution in [3.63, 3.8) is 0 Å². The van der Waals surface area contributed by atoms with Crippen molar-refractivity contribution in [2.75, 3.05) is 6.61 Å². The van der Waals surface area contributed by atoms with E-state index in [-0.39, 0.29) is 42.6 Å². The van der Waals surface area contributed by atoms with Crippen LogP contribution in [0.3, 0.4) is 0 Å². The molecule has 26 heavy (non-hydrogen) atoms. The molecule has 0 radical (unpaired) electrons. The third-order valence-corrected chi connectivity index (χ3v) is 6.16. The van der Waals surface area contributed by atoms with E-state index in [0.29, 0.717) is 5.92 Å². The number of nitrogens with zero attached hydrogens (tertiary/aromatic N) is 1. The minimum Gasteiger partial charge on any atom is -0.465 e. The molecule has 2 aliphatic carbocycles. The first-order valence-corrected chi connectivity index (χ1v) is 9.26. The van der Waals surface area contributed by atoms with Crippen molar-refractivity contribution >= 4 is 17.7 Å². The van der Waals surface area contributed by atoms with Crippen molar-refractivity contribution in [3.05, 3.63) is 35.6 Å². The van der Waals surface area contributed by atoms with Crippen LogP contribution in [0.5, 0.6) is 0 Å². The molecule has 3 fully saturated rings. The Morgan fingerprint density at radius 1 is 1.19 bits per heavy atom. The summed E-state index contributed by atoms with van der Waals surface area (Å²) in [6.45, 7) is 2.08. The zero-order chi connectivity index (χ0) is 18.4. The van der Waals surface area contributed by atoms with Crippen LogP contribution in [0.1, 0.15) is 31.7 Å². The molecular weight excluding hydrogens is 337 g/mol. The lowest BCUT2D eigenvalue weighted by Gasteiger charge is -2.44. The Hall–Kier alpha value is -2.24. The fourth-order valence-corrected chi connectivity index (χ4v) is 5.15. The van der Waals surface area contributed by atoms with E-state index in [1.165, 1.54) is 12.1 Å². The number of likely N-dealkylation sites (tertiary alicyclic amines) is 1. The summed E-state index contributed by atoms with van der Waals surface area (Å²) < 4.78 is 18.2. The van der Waals surface area contributed by atoms with Gasteiger partial charge < -0.3 is 9.64 Å². The molecule has 5 atom stereocenters. The summed E-state index contributed by atoms with van der Waals surface area (Å²) in [4.78, 5) is 40.0. The average Bonchev–Trinajstić information content (AvgIpc) is 3.22. The predicted octanol–water partition coefficient (Wildman–Crippen LogP) is 2.33. The molecule has 2 saturated carbocycles. The number of ether oxygens (including phenoxy) is 1. The van der Waals surface area contributed by atoms with Crippen LogP contribution in [0, 0.1) is 29.5 Å². The number of halogens is 1. The van der Waals surface area contributed by atoms with Crippen LogP contribution in [-0.4, -0.2) is 35.2 Å². The second-order valence-electron chi connectivity index (χ2n) is 7.53. The number of carbonyl (C=O) groups excluding carboxylic acids is 3. The standard InChI is InChI=1S/C20H22FNO4/c1-2-26-20(25)16-18(23)15-12-5-6-13(9-12)17(15)22(19(16)24)10-11-3-7-14(21)8-4-11/h3-4,7-8,12-13,15-17H,2,5-6,9-10H2,1H3/t12-,13+,15+,16?,17-/m0/s1. The number of fused-ring (bicyclic) bond motifs is 5. The number of carbonyl (C=O) groups is 3. The first kappa shape index (κ1) is 17.2. The summed E-state index contributed by atoms with van der Waals surface area (Å²) >= 11 is 0. The first-order valence-electron chi connectivity index (χ1n) is 9.26. The molecule has 1 amide bonds. The molecule has 4 rings (SSSR count). The van der Waals surface area contributed by atoms with Crippen molar-refractivity contribution in [2.45, 2.75) is 38.8 Å². The van der Waals surface area contributed by atoms with E-state index in [4.69, 9.17) is 4.74 Å². The van der Waals surface area contributed by atoms with Gasteiger partial charge in [-0.2, -0.15) is 0 Å². The summed E-state index contributed by atoms with van der Waals surface area (Å²) in [5.41, 5.74) is 0.790. The topological polar surface area (TPSA) is 63.7 Å². The molecule has 1 aromatic carbocycles. The molecule has 1 aliphatic heterocycles. The molecule has 2 bridgehead atoms. The van der Waals surface area contributed by atoms with Crippen LogP contribution in [0.25, 0.3) is 0 Å². The SMILES string of the molecule is CCOC(=O)C1C(=O)[C@@H]2[C@H]3CC[C@H](C3)[C@@H]2N(Cc2ccc(F)cc2)C1=O. The van der Waals surface area contributed by atoms with E-state index in [2.05, 4.69) is 0 Å².